The first-order chi connectivity index (χ1) is 16.1. The Morgan fingerprint density at radius 1 is 1.21 bits per heavy atom. The van der Waals surface area contributed by atoms with E-state index >= 15 is 0 Å². The van der Waals surface area contributed by atoms with Crippen LogP contribution in [0.3, 0.4) is 0 Å². The van der Waals surface area contributed by atoms with E-state index < -0.39 is 0 Å². The van der Waals surface area contributed by atoms with Gasteiger partial charge in [0.1, 0.15) is 5.65 Å². The highest BCUT2D eigenvalue weighted by molar-refractivity contribution is 5.94. The molecule has 0 saturated carbocycles. The molecule has 33 heavy (non-hydrogen) atoms. The molecule has 1 saturated heterocycles. The quantitative estimate of drug-likeness (QED) is 0.488. The van der Waals surface area contributed by atoms with Crippen LogP contribution < -0.4 is 0 Å². The van der Waals surface area contributed by atoms with Gasteiger partial charge in [-0.05, 0) is 56.3 Å². The molecule has 176 valence electrons. The Kier molecular flexibility index (Phi) is 7.78. The highest BCUT2D eigenvalue weighted by Gasteiger charge is 2.27. The molecular weight excluding hydrogens is 412 g/mol. The van der Waals surface area contributed by atoms with Crippen molar-refractivity contribution >= 4 is 11.6 Å². The first kappa shape index (κ1) is 23.5. The number of ether oxygens (including phenoxy) is 1. The first-order valence-corrected chi connectivity index (χ1v) is 12.2. The van der Waals surface area contributed by atoms with Crippen LogP contribution in [-0.2, 0) is 17.7 Å². The van der Waals surface area contributed by atoms with Gasteiger partial charge in [0, 0.05) is 39.5 Å². The lowest BCUT2D eigenvalue weighted by atomic mass is 10.1. The van der Waals surface area contributed by atoms with Crippen LogP contribution in [-0.4, -0.2) is 64.5 Å². The van der Waals surface area contributed by atoms with Crippen molar-refractivity contribution in [2.45, 2.75) is 52.2 Å². The zero-order valence-electron chi connectivity index (χ0n) is 20.2. The lowest BCUT2D eigenvalue weighted by molar-refractivity contribution is -0.00264. The third-order valence-corrected chi connectivity index (χ3v) is 6.47. The van der Waals surface area contributed by atoms with Crippen LogP contribution in [0.5, 0.6) is 0 Å². The number of likely N-dealkylation sites (N-methyl/N-ethyl adjacent to an activating group) is 1. The number of amides is 1. The summed E-state index contributed by atoms with van der Waals surface area (Å²) >= 11 is 0. The van der Waals surface area contributed by atoms with Crippen LogP contribution in [0.2, 0.25) is 0 Å². The van der Waals surface area contributed by atoms with E-state index in [0.717, 1.165) is 62.3 Å². The van der Waals surface area contributed by atoms with E-state index in [1.54, 1.807) is 4.90 Å². The lowest BCUT2D eigenvalue weighted by Crippen LogP contribution is -2.40. The Balaban J connectivity index is 1.55. The molecule has 3 aromatic rings. The monoisotopic (exact) mass is 448 g/mol. The molecular formula is C27H36N4O2. The van der Waals surface area contributed by atoms with Gasteiger partial charge in [-0.1, -0.05) is 43.3 Å². The highest BCUT2D eigenvalue weighted by atomic mass is 16.5. The average molecular weight is 449 g/mol. The van der Waals surface area contributed by atoms with E-state index in [4.69, 9.17) is 9.72 Å². The number of pyridine rings is 1. The number of benzene rings is 1. The van der Waals surface area contributed by atoms with Gasteiger partial charge in [0.05, 0.1) is 11.8 Å². The summed E-state index contributed by atoms with van der Waals surface area (Å²) in [5, 5.41) is 0. The second kappa shape index (κ2) is 10.9. The predicted octanol–water partition coefficient (Wildman–Crippen LogP) is 4.35. The Bertz CT molecular complexity index is 1060. The van der Waals surface area contributed by atoms with Gasteiger partial charge in [-0.3, -0.25) is 9.69 Å². The van der Waals surface area contributed by atoms with Crippen LogP contribution in [0.4, 0.5) is 0 Å². The number of carbonyl (C=O) groups is 1. The minimum absolute atomic E-state index is 0.0141. The lowest BCUT2D eigenvalue weighted by Gasteiger charge is -2.32. The van der Waals surface area contributed by atoms with Crippen molar-refractivity contribution in [3.05, 3.63) is 71.2 Å². The van der Waals surface area contributed by atoms with Gasteiger partial charge in [0.2, 0.25) is 0 Å². The molecule has 1 aromatic carbocycles. The van der Waals surface area contributed by atoms with E-state index in [2.05, 4.69) is 41.3 Å². The molecule has 1 atom stereocenters. The minimum Gasteiger partial charge on any atom is -0.377 e. The summed E-state index contributed by atoms with van der Waals surface area (Å²) in [4.78, 5) is 22.6. The van der Waals surface area contributed by atoms with Gasteiger partial charge >= 0.3 is 0 Å². The SMILES string of the molecule is CCCO[C@@H]1CCCN(Cc2c(C(=O)N(C)CCc3ccccc3)nc3c(C)cccn23)C1. The second-order valence-electron chi connectivity index (χ2n) is 9.12. The van der Waals surface area contributed by atoms with Crippen LogP contribution >= 0.6 is 0 Å². The molecule has 1 aliphatic heterocycles. The van der Waals surface area contributed by atoms with Crippen molar-refractivity contribution in [2.75, 3.05) is 33.3 Å². The average Bonchev–Trinajstić information content (AvgIpc) is 3.21. The number of aromatic nitrogens is 2. The van der Waals surface area contributed by atoms with Crippen molar-refractivity contribution in [1.29, 1.82) is 0 Å². The van der Waals surface area contributed by atoms with E-state index in [0.29, 0.717) is 18.8 Å². The van der Waals surface area contributed by atoms with Crippen molar-refractivity contribution in [3.8, 4) is 0 Å². The fraction of sp³-hybridized carbons (Fsp3) is 0.481. The molecule has 3 heterocycles. The maximum absolute atomic E-state index is 13.5. The molecule has 4 rings (SSSR count). The topological polar surface area (TPSA) is 50.1 Å². The smallest absolute Gasteiger partial charge is 0.274 e. The number of nitrogens with zero attached hydrogens (tertiary/aromatic N) is 4. The molecule has 0 unspecified atom stereocenters. The molecule has 0 spiro atoms. The number of likely N-dealkylation sites (tertiary alicyclic amines) is 1. The molecule has 0 aliphatic carbocycles. The Morgan fingerprint density at radius 3 is 2.82 bits per heavy atom. The number of hydrogen-bond acceptors (Lipinski definition) is 4. The second-order valence-corrected chi connectivity index (χ2v) is 9.12. The number of carbonyl (C=O) groups excluding carboxylic acids is 1. The van der Waals surface area contributed by atoms with Crippen molar-refractivity contribution in [3.63, 3.8) is 0 Å². The molecule has 0 radical (unpaired) electrons. The molecule has 2 aromatic heterocycles. The molecule has 6 heteroatoms. The van der Waals surface area contributed by atoms with Gasteiger partial charge in [-0.25, -0.2) is 4.98 Å². The molecule has 0 N–H and O–H groups in total. The van der Waals surface area contributed by atoms with Crippen LogP contribution in [0.25, 0.3) is 5.65 Å². The summed E-state index contributed by atoms with van der Waals surface area (Å²) in [6.45, 7) is 8.28. The van der Waals surface area contributed by atoms with Crippen molar-refractivity contribution < 1.29 is 9.53 Å². The summed E-state index contributed by atoms with van der Waals surface area (Å²) in [6.07, 6.45) is 6.39. The van der Waals surface area contributed by atoms with Crippen molar-refractivity contribution in [2.24, 2.45) is 0 Å². The number of piperidine rings is 1. The van der Waals surface area contributed by atoms with Gasteiger partial charge in [0.15, 0.2) is 5.69 Å². The van der Waals surface area contributed by atoms with Crippen LogP contribution in [0.15, 0.2) is 48.7 Å². The summed E-state index contributed by atoms with van der Waals surface area (Å²) in [6, 6.07) is 14.4. The fourth-order valence-corrected chi connectivity index (χ4v) is 4.59. The summed E-state index contributed by atoms with van der Waals surface area (Å²) < 4.78 is 8.14. The van der Waals surface area contributed by atoms with Gasteiger partial charge in [-0.15, -0.1) is 0 Å². The first-order valence-electron chi connectivity index (χ1n) is 12.2. The van der Waals surface area contributed by atoms with E-state index in [1.165, 1.54) is 5.56 Å². The standard InChI is InChI=1S/C27H36N4O2/c1-4-18-33-23-13-9-15-30(19-23)20-24-25(28-26-21(2)10-8-16-31(24)26)27(32)29(3)17-14-22-11-6-5-7-12-22/h5-8,10-12,16,23H,4,9,13-15,17-20H2,1-3H3/t23-/m1/s1. The Hall–Kier alpha value is -2.70. The molecule has 6 nitrogen and oxygen atoms in total. The zero-order chi connectivity index (χ0) is 23.2. The molecule has 0 bridgehead atoms. The summed E-state index contributed by atoms with van der Waals surface area (Å²) in [5.41, 5.74) is 4.71. The fourth-order valence-electron chi connectivity index (χ4n) is 4.59. The maximum atomic E-state index is 13.5. The number of imidazole rings is 1. The molecule has 1 aliphatic rings. The third-order valence-electron chi connectivity index (χ3n) is 6.47. The highest BCUT2D eigenvalue weighted by Crippen LogP contribution is 2.22. The Morgan fingerprint density at radius 2 is 2.03 bits per heavy atom. The zero-order valence-corrected chi connectivity index (χ0v) is 20.2. The molecule has 1 fully saturated rings. The van der Waals surface area contributed by atoms with E-state index in [-0.39, 0.29) is 12.0 Å². The predicted molar refractivity (Wildman–Crippen MR) is 132 cm³/mol. The minimum atomic E-state index is -0.0141. The number of fused-ring (bicyclic) bond motifs is 1. The van der Waals surface area contributed by atoms with Crippen LogP contribution in [0.1, 0.15) is 53.5 Å². The van der Waals surface area contributed by atoms with Crippen LogP contribution in [0, 0.1) is 6.92 Å². The normalized spacial score (nSPS) is 16.9. The summed E-state index contributed by atoms with van der Waals surface area (Å²) in [7, 11) is 1.88. The third kappa shape index (κ3) is 5.63. The number of rotatable bonds is 9. The number of aryl methyl sites for hydroxylation is 1. The Labute approximate surface area is 197 Å². The van der Waals surface area contributed by atoms with Crippen molar-refractivity contribution in [1.82, 2.24) is 19.2 Å². The largest absolute Gasteiger partial charge is 0.377 e. The number of hydrogen-bond donors (Lipinski definition) is 0. The van der Waals surface area contributed by atoms with Gasteiger partial charge < -0.3 is 14.0 Å². The maximum Gasteiger partial charge on any atom is 0.274 e. The van der Waals surface area contributed by atoms with Gasteiger partial charge in [-0.2, -0.15) is 0 Å². The molecule has 1 amide bonds. The van der Waals surface area contributed by atoms with Gasteiger partial charge in [0.25, 0.3) is 5.91 Å². The van der Waals surface area contributed by atoms with E-state index in [9.17, 15) is 4.79 Å². The summed E-state index contributed by atoms with van der Waals surface area (Å²) in [5.74, 6) is -0.0141. The van der Waals surface area contributed by atoms with E-state index in [1.807, 2.05) is 37.5 Å².